The number of benzene rings is 1. The maximum atomic E-state index is 12.3. The smallest absolute Gasteiger partial charge is 0.573 e. The van der Waals surface area contributed by atoms with Gasteiger partial charge in [0, 0.05) is 17.9 Å². The van der Waals surface area contributed by atoms with Gasteiger partial charge in [-0.1, -0.05) is 0 Å². The minimum Gasteiger partial charge on any atom is -0.739 e. The van der Waals surface area contributed by atoms with Crippen LogP contribution in [-0.4, -0.2) is 55.1 Å². The number of carbonyl (C=O) groups is 1. The Morgan fingerprint density at radius 3 is 2.79 bits per heavy atom. The molecule has 1 unspecified atom stereocenters. The van der Waals surface area contributed by atoms with E-state index < -0.39 is 29.5 Å². The molecular formula is C16H18F3N5O5. The molecule has 29 heavy (non-hydrogen) atoms. The average Bonchev–Trinajstić information content (AvgIpc) is 3.02. The van der Waals surface area contributed by atoms with Crippen LogP contribution in [0.4, 0.5) is 19.1 Å². The first kappa shape index (κ1) is 20.6. The molecular weight excluding hydrogens is 399 g/mol. The standard InChI is InChI=1S/C16H18F3N5O5/c1-22-7-5-11(9-22)28-14(25)4-6-20-15-21-24(27)13-8-10(29-16(17,18)19)2-3-12(13)23(15)26/h2-3,8,11H,4-7,9H2,1H3,(H,20,21). The molecule has 1 aromatic heterocycles. The summed E-state index contributed by atoms with van der Waals surface area (Å²) in [6.45, 7) is 1.48. The first-order valence-electron chi connectivity index (χ1n) is 8.67. The van der Waals surface area contributed by atoms with E-state index in [2.05, 4.69) is 15.2 Å². The van der Waals surface area contributed by atoms with Crippen LogP contribution >= 0.6 is 0 Å². The maximum absolute atomic E-state index is 12.3. The second-order valence-electron chi connectivity index (χ2n) is 6.53. The van der Waals surface area contributed by atoms with Crippen molar-refractivity contribution < 1.29 is 37.0 Å². The predicted octanol–water partition coefficient (Wildman–Crippen LogP) is 0.449. The Hall–Kier alpha value is -3.09. The number of esters is 1. The number of fused-ring (bicyclic) bond motifs is 1. The summed E-state index contributed by atoms with van der Waals surface area (Å²) < 4.78 is 46.2. The number of carbonyl (C=O) groups excluding carboxylic acids is 1. The summed E-state index contributed by atoms with van der Waals surface area (Å²) in [4.78, 5) is 13.9. The first-order valence-corrected chi connectivity index (χ1v) is 8.67. The van der Waals surface area contributed by atoms with E-state index in [9.17, 15) is 28.4 Å². The van der Waals surface area contributed by atoms with Crippen LogP contribution in [0.3, 0.4) is 0 Å². The lowest BCUT2D eigenvalue weighted by molar-refractivity contribution is -0.672. The minimum absolute atomic E-state index is 0.00197. The van der Waals surface area contributed by atoms with Crippen molar-refractivity contribution in [2.75, 3.05) is 32.0 Å². The summed E-state index contributed by atoms with van der Waals surface area (Å²) in [5.41, 5.74) is -0.624. The highest BCUT2D eigenvalue weighted by Gasteiger charge is 2.32. The highest BCUT2D eigenvalue weighted by molar-refractivity contribution is 5.71. The van der Waals surface area contributed by atoms with E-state index in [0.29, 0.717) is 6.54 Å². The second-order valence-corrected chi connectivity index (χ2v) is 6.53. The first-order chi connectivity index (χ1) is 13.6. The largest absolute Gasteiger partial charge is 0.739 e. The molecule has 0 saturated carbocycles. The number of hydrogen-bond donors (Lipinski definition) is 1. The van der Waals surface area contributed by atoms with Crippen LogP contribution in [0.25, 0.3) is 11.0 Å². The fourth-order valence-electron chi connectivity index (χ4n) is 2.94. The van der Waals surface area contributed by atoms with Gasteiger partial charge in [-0.15, -0.1) is 13.2 Å². The molecule has 0 radical (unpaired) electrons. The summed E-state index contributed by atoms with van der Waals surface area (Å²) >= 11 is 0. The fraction of sp³-hybridized carbons (Fsp3) is 0.500. The summed E-state index contributed by atoms with van der Waals surface area (Å²) in [6, 6.07) is 2.68. The molecule has 0 bridgehead atoms. The second kappa shape index (κ2) is 8.11. The van der Waals surface area contributed by atoms with Crippen LogP contribution < -0.4 is 19.6 Å². The number of ether oxygens (including phenoxy) is 2. The van der Waals surface area contributed by atoms with Gasteiger partial charge in [0.15, 0.2) is 5.52 Å². The van der Waals surface area contributed by atoms with Gasteiger partial charge in [0.1, 0.15) is 11.9 Å². The van der Waals surface area contributed by atoms with Crippen molar-refractivity contribution in [1.29, 1.82) is 0 Å². The average molecular weight is 417 g/mol. The van der Waals surface area contributed by atoms with E-state index in [1.54, 1.807) is 0 Å². The molecule has 1 fully saturated rings. The monoisotopic (exact) mass is 417 g/mol. The number of halogens is 3. The third kappa shape index (κ3) is 5.25. The highest BCUT2D eigenvalue weighted by atomic mass is 19.4. The third-order valence-corrected chi connectivity index (χ3v) is 4.24. The van der Waals surface area contributed by atoms with Crippen LogP contribution in [0.15, 0.2) is 18.2 Å². The molecule has 1 atom stereocenters. The van der Waals surface area contributed by atoms with E-state index in [1.807, 2.05) is 11.9 Å². The minimum atomic E-state index is -4.94. The van der Waals surface area contributed by atoms with Crippen molar-refractivity contribution in [1.82, 2.24) is 10.00 Å². The van der Waals surface area contributed by atoms with Gasteiger partial charge >= 0.3 is 23.8 Å². The Balaban J connectivity index is 1.64. The zero-order valence-electron chi connectivity index (χ0n) is 15.3. The molecule has 3 rings (SSSR count). The highest BCUT2D eigenvalue weighted by Crippen LogP contribution is 2.24. The quantitative estimate of drug-likeness (QED) is 0.409. The maximum Gasteiger partial charge on any atom is 0.573 e. The van der Waals surface area contributed by atoms with Gasteiger partial charge in [0.25, 0.3) is 0 Å². The van der Waals surface area contributed by atoms with Gasteiger partial charge in [0.05, 0.1) is 19.0 Å². The zero-order chi connectivity index (χ0) is 21.2. The predicted molar refractivity (Wildman–Crippen MR) is 91.4 cm³/mol. The number of nitrogens with zero attached hydrogens (tertiary/aromatic N) is 4. The van der Waals surface area contributed by atoms with Gasteiger partial charge in [-0.05, 0) is 25.6 Å². The van der Waals surface area contributed by atoms with Gasteiger partial charge in [-0.3, -0.25) is 10.1 Å². The van der Waals surface area contributed by atoms with E-state index in [4.69, 9.17) is 4.74 Å². The van der Waals surface area contributed by atoms with Crippen LogP contribution in [0.5, 0.6) is 5.75 Å². The third-order valence-electron chi connectivity index (χ3n) is 4.24. The number of nitrogens with one attached hydrogen (secondary N) is 1. The zero-order valence-corrected chi connectivity index (χ0v) is 15.3. The van der Waals surface area contributed by atoms with E-state index in [0.717, 1.165) is 31.2 Å². The molecule has 2 heterocycles. The molecule has 1 saturated heterocycles. The number of aromatic nitrogens is 3. The van der Waals surface area contributed by atoms with Crippen molar-refractivity contribution in [2.24, 2.45) is 0 Å². The van der Waals surface area contributed by atoms with E-state index >= 15 is 0 Å². The van der Waals surface area contributed by atoms with Crippen LogP contribution in [-0.2, 0) is 9.53 Å². The molecule has 10 nitrogen and oxygen atoms in total. The Morgan fingerprint density at radius 2 is 2.14 bits per heavy atom. The Bertz CT molecular complexity index is 911. The van der Waals surface area contributed by atoms with Gasteiger partial charge in [-0.25, -0.2) is 4.73 Å². The number of likely N-dealkylation sites (N-methyl/N-ethyl adjacent to an activating group) is 1. The van der Waals surface area contributed by atoms with Crippen LogP contribution in [0.1, 0.15) is 12.8 Å². The number of likely N-dealkylation sites (tertiary alicyclic amines) is 1. The van der Waals surface area contributed by atoms with Gasteiger partial charge < -0.3 is 24.8 Å². The molecule has 1 aromatic carbocycles. The lowest BCUT2D eigenvalue weighted by Gasteiger charge is -2.13. The number of anilines is 1. The number of hydrogen-bond acceptors (Lipinski definition) is 8. The molecule has 1 N–H and O–H groups in total. The SMILES string of the molecule is CN1CCC(OC(=O)CCNc2n[n+]([O-])c3cc(OC(F)(F)F)ccc3[n+]2[O-])C1. The summed E-state index contributed by atoms with van der Waals surface area (Å²) in [5, 5.41) is 30.3. The Kier molecular flexibility index (Phi) is 5.77. The van der Waals surface area contributed by atoms with Crippen molar-refractivity contribution in [2.45, 2.75) is 25.3 Å². The molecule has 0 amide bonds. The van der Waals surface area contributed by atoms with Crippen molar-refractivity contribution >= 4 is 23.0 Å². The summed E-state index contributed by atoms with van der Waals surface area (Å²) in [7, 11) is 1.92. The molecule has 158 valence electrons. The Labute approximate surface area is 162 Å². The molecule has 1 aliphatic heterocycles. The summed E-state index contributed by atoms with van der Waals surface area (Å²) in [6.07, 6.45) is -4.42. The van der Waals surface area contributed by atoms with Crippen molar-refractivity contribution in [3.8, 4) is 5.75 Å². The normalized spacial score (nSPS) is 17.4. The topological polar surface area (TPSA) is 118 Å². The number of rotatable bonds is 6. The van der Waals surface area contributed by atoms with Crippen molar-refractivity contribution in [3.63, 3.8) is 0 Å². The lowest BCUT2D eigenvalue weighted by Crippen LogP contribution is -2.44. The summed E-state index contributed by atoms with van der Waals surface area (Å²) in [5.74, 6) is -1.51. The molecule has 1 aliphatic rings. The molecule has 0 spiro atoms. The van der Waals surface area contributed by atoms with Crippen LogP contribution in [0.2, 0.25) is 0 Å². The van der Waals surface area contributed by atoms with E-state index in [1.165, 1.54) is 0 Å². The Morgan fingerprint density at radius 1 is 1.38 bits per heavy atom. The molecule has 0 aliphatic carbocycles. The van der Waals surface area contributed by atoms with Gasteiger partial charge in [-0.2, -0.15) is 0 Å². The van der Waals surface area contributed by atoms with Crippen LogP contribution in [0, 0.1) is 10.4 Å². The van der Waals surface area contributed by atoms with Crippen molar-refractivity contribution in [3.05, 3.63) is 28.6 Å². The molecule has 2 aromatic rings. The van der Waals surface area contributed by atoms with Gasteiger partial charge in [0.2, 0.25) is 5.10 Å². The molecule has 13 heteroatoms. The van der Waals surface area contributed by atoms with E-state index in [-0.39, 0.29) is 34.2 Å². The fourth-order valence-corrected chi connectivity index (χ4v) is 2.94. The lowest BCUT2D eigenvalue weighted by atomic mass is 10.3. The number of alkyl halides is 3.